The van der Waals surface area contributed by atoms with Gasteiger partial charge in [-0.2, -0.15) is 23.0 Å². The van der Waals surface area contributed by atoms with E-state index in [0.29, 0.717) is 49.3 Å². The first-order chi connectivity index (χ1) is 16.6. The number of anilines is 2. The molecule has 0 spiro atoms. The third-order valence-electron chi connectivity index (χ3n) is 6.85. The number of rotatable bonds is 4. The van der Waals surface area contributed by atoms with E-state index < -0.39 is 23.4 Å². The first-order valence-electron chi connectivity index (χ1n) is 11.7. The van der Waals surface area contributed by atoms with Crippen molar-refractivity contribution in [3.05, 3.63) is 69.5 Å². The fourth-order valence-electron chi connectivity index (χ4n) is 5.00. The Balaban J connectivity index is 1.71. The number of aromatic nitrogens is 2. The van der Waals surface area contributed by atoms with Crippen molar-refractivity contribution in [2.24, 2.45) is 0 Å². The van der Waals surface area contributed by atoms with Crippen molar-refractivity contribution in [2.75, 3.05) is 37.0 Å². The van der Waals surface area contributed by atoms with Gasteiger partial charge >= 0.3 is 6.18 Å². The van der Waals surface area contributed by atoms with Crippen molar-refractivity contribution in [3.63, 3.8) is 0 Å². The van der Waals surface area contributed by atoms with Gasteiger partial charge in [-0.3, -0.25) is 4.79 Å². The third kappa shape index (κ3) is 4.29. The number of aliphatic hydroxyl groups excluding tert-OH is 1. The Hall–Kier alpha value is -3.33. The van der Waals surface area contributed by atoms with Gasteiger partial charge in [0.1, 0.15) is 0 Å². The molecule has 1 unspecified atom stereocenters. The van der Waals surface area contributed by atoms with Gasteiger partial charge in [-0.15, -0.1) is 0 Å². The number of fused-ring (bicyclic) bond motifs is 1. The molecule has 1 saturated heterocycles. The highest BCUT2D eigenvalue weighted by Gasteiger charge is 2.36. The summed E-state index contributed by atoms with van der Waals surface area (Å²) in [5, 5.41) is 14.4. The number of alkyl halides is 3. The van der Waals surface area contributed by atoms with Crippen molar-refractivity contribution < 1.29 is 18.3 Å². The molecule has 0 radical (unpaired) electrons. The fourth-order valence-corrected chi connectivity index (χ4v) is 5.00. The van der Waals surface area contributed by atoms with Crippen LogP contribution in [-0.4, -0.2) is 48.2 Å². The Morgan fingerprint density at radius 3 is 2.40 bits per heavy atom. The summed E-state index contributed by atoms with van der Waals surface area (Å²) in [6.45, 7) is 0.864. The molecule has 2 aromatic carbocycles. The lowest BCUT2D eigenvalue weighted by molar-refractivity contribution is -0.137. The zero-order chi connectivity index (χ0) is 24.9. The smallest absolute Gasteiger partial charge is 0.391 e. The average molecular weight is 485 g/mol. The van der Waals surface area contributed by atoms with E-state index in [0.717, 1.165) is 34.0 Å². The molecule has 1 fully saturated rings. The zero-order valence-corrected chi connectivity index (χ0v) is 19.6. The van der Waals surface area contributed by atoms with E-state index in [4.69, 9.17) is 0 Å². The van der Waals surface area contributed by atoms with E-state index in [2.05, 4.69) is 5.10 Å². The molecule has 1 N–H and O–H groups in total. The van der Waals surface area contributed by atoms with Gasteiger partial charge in [-0.1, -0.05) is 12.1 Å². The highest BCUT2D eigenvalue weighted by Crippen LogP contribution is 2.37. The number of nitrogens with zero attached hydrogens (tertiary/aromatic N) is 4. The van der Waals surface area contributed by atoms with Gasteiger partial charge in [-0.25, -0.2) is 0 Å². The van der Waals surface area contributed by atoms with Crippen molar-refractivity contribution in [1.82, 2.24) is 9.78 Å². The van der Waals surface area contributed by atoms with E-state index in [9.17, 15) is 23.1 Å². The number of aliphatic hydroxyl groups is 1. The molecule has 35 heavy (non-hydrogen) atoms. The molecule has 184 valence electrons. The first-order valence-corrected chi connectivity index (χ1v) is 11.7. The maximum atomic E-state index is 14.1. The van der Waals surface area contributed by atoms with Crippen LogP contribution in [0, 0.1) is 0 Å². The summed E-state index contributed by atoms with van der Waals surface area (Å²) >= 11 is 0. The Morgan fingerprint density at radius 1 is 1.06 bits per heavy atom. The van der Waals surface area contributed by atoms with Gasteiger partial charge in [0.15, 0.2) is 0 Å². The molecule has 0 amide bonds. The molecule has 1 atom stereocenters. The van der Waals surface area contributed by atoms with Crippen LogP contribution in [0.25, 0.3) is 16.9 Å². The van der Waals surface area contributed by atoms with Crippen molar-refractivity contribution in [3.8, 4) is 16.9 Å². The molecule has 5 rings (SSSR count). The minimum atomic E-state index is -4.66. The van der Waals surface area contributed by atoms with E-state index in [1.807, 2.05) is 48.2 Å². The predicted molar refractivity (Wildman–Crippen MR) is 129 cm³/mol. The van der Waals surface area contributed by atoms with Crippen LogP contribution >= 0.6 is 0 Å². The van der Waals surface area contributed by atoms with Crippen LogP contribution in [0.15, 0.2) is 47.3 Å². The van der Waals surface area contributed by atoms with E-state index in [-0.39, 0.29) is 5.69 Å². The highest BCUT2D eigenvalue weighted by molar-refractivity contribution is 5.68. The molecule has 9 heteroatoms. The lowest BCUT2D eigenvalue weighted by Crippen LogP contribution is -2.29. The summed E-state index contributed by atoms with van der Waals surface area (Å²) in [7, 11) is 3.85. The Bertz CT molecular complexity index is 1320. The molecule has 1 aromatic heterocycles. The van der Waals surface area contributed by atoms with E-state index >= 15 is 0 Å². The Labute approximate surface area is 201 Å². The summed E-state index contributed by atoms with van der Waals surface area (Å²) in [5.74, 6) is 0. The Morgan fingerprint density at radius 2 is 1.77 bits per heavy atom. The molecule has 1 aliphatic carbocycles. The minimum Gasteiger partial charge on any atom is -0.391 e. The monoisotopic (exact) mass is 484 g/mol. The van der Waals surface area contributed by atoms with Crippen molar-refractivity contribution >= 4 is 11.4 Å². The number of hydrogen-bond donors (Lipinski definition) is 1. The van der Waals surface area contributed by atoms with Gasteiger partial charge in [0.05, 0.1) is 23.0 Å². The number of benzene rings is 2. The van der Waals surface area contributed by atoms with Crippen molar-refractivity contribution in [2.45, 2.75) is 38.0 Å². The average Bonchev–Trinajstić information content (AvgIpc) is 3.48. The van der Waals surface area contributed by atoms with Crippen LogP contribution in [0.2, 0.25) is 0 Å². The molecule has 2 heterocycles. The second kappa shape index (κ2) is 8.71. The highest BCUT2D eigenvalue weighted by atomic mass is 19.4. The number of halogens is 3. The van der Waals surface area contributed by atoms with Crippen LogP contribution < -0.4 is 15.4 Å². The maximum Gasteiger partial charge on any atom is 0.418 e. The molecule has 0 bridgehead atoms. The lowest BCUT2D eigenvalue weighted by atomic mass is 10.0. The molecular formula is C26H27F3N4O2. The van der Waals surface area contributed by atoms with E-state index in [1.54, 1.807) is 0 Å². The second-order valence-corrected chi connectivity index (χ2v) is 9.41. The topological polar surface area (TPSA) is 61.6 Å². The molecule has 1 aliphatic heterocycles. The Kier molecular flexibility index (Phi) is 5.83. The summed E-state index contributed by atoms with van der Waals surface area (Å²) in [4.78, 5) is 17.2. The van der Waals surface area contributed by atoms with Gasteiger partial charge < -0.3 is 14.9 Å². The molecule has 0 saturated carbocycles. The lowest BCUT2D eigenvalue weighted by Gasteiger charge is -2.22. The van der Waals surface area contributed by atoms with Gasteiger partial charge in [0, 0.05) is 49.7 Å². The van der Waals surface area contributed by atoms with Gasteiger partial charge in [0.2, 0.25) is 0 Å². The van der Waals surface area contributed by atoms with Crippen LogP contribution in [0.5, 0.6) is 0 Å². The normalized spacial score (nSPS) is 17.7. The molecule has 3 aromatic rings. The summed E-state index contributed by atoms with van der Waals surface area (Å²) < 4.78 is 43.1. The SMILES string of the molecule is CN(C)c1ccc(-c2nn(-c3cc(N4CCC(O)C4)ccc3C(F)(F)F)c(=O)c3c2CCC3)cc1. The van der Waals surface area contributed by atoms with Crippen LogP contribution in [0.3, 0.4) is 0 Å². The van der Waals surface area contributed by atoms with Crippen LogP contribution in [0.1, 0.15) is 29.5 Å². The quantitative estimate of drug-likeness (QED) is 0.606. The zero-order valence-electron chi connectivity index (χ0n) is 19.6. The fraction of sp³-hybridized carbons (Fsp3) is 0.385. The van der Waals surface area contributed by atoms with E-state index in [1.165, 1.54) is 12.1 Å². The molecule has 2 aliphatic rings. The number of hydrogen-bond acceptors (Lipinski definition) is 5. The molecular weight excluding hydrogens is 457 g/mol. The van der Waals surface area contributed by atoms with Crippen LogP contribution in [0.4, 0.5) is 24.5 Å². The standard InChI is InChI=1S/C26H27F3N4O2/c1-31(2)17-8-6-16(7-9-17)24-20-4-3-5-21(20)25(35)33(30-24)23-14-18(32-13-12-19(34)15-32)10-11-22(23)26(27,28)29/h6-11,14,19,34H,3-5,12-13,15H2,1-2H3. The predicted octanol–water partition coefficient (Wildman–Crippen LogP) is 4.04. The number of β-amino-alcohol motifs (C(OH)–C–C–N with tert-alkyl or cyclic N) is 1. The largest absolute Gasteiger partial charge is 0.418 e. The maximum absolute atomic E-state index is 14.1. The summed E-state index contributed by atoms with van der Waals surface area (Å²) in [5.41, 5.74) is 2.44. The van der Waals surface area contributed by atoms with Crippen molar-refractivity contribution in [1.29, 1.82) is 0 Å². The summed E-state index contributed by atoms with van der Waals surface area (Å²) in [6.07, 6.45) is -2.71. The first kappa shape index (κ1) is 23.4. The second-order valence-electron chi connectivity index (χ2n) is 9.41. The third-order valence-corrected chi connectivity index (χ3v) is 6.85. The van der Waals surface area contributed by atoms with Crippen LogP contribution in [-0.2, 0) is 19.0 Å². The summed E-state index contributed by atoms with van der Waals surface area (Å²) in [6, 6.07) is 11.4. The van der Waals surface area contributed by atoms with Gasteiger partial charge in [-0.05, 0) is 61.6 Å². The minimum absolute atomic E-state index is 0.290. The molecule has 6 nitrogen and oxygen atoms in total. The van der Waals surface area contributed by atoms with Gasteiger partial charge in [0.25, 0.3) is 5.56 Å².